The number of carboxylic acids is 1. The number of aromatic nitrogens is 1. The second kappa shape index (κ2) is 8.99. The summed E-state index contributed by atoms with van der Waals surface area (Å²) >= 11 is 1.80. The van der Waals surface area contributed by atoms with Gasteiger partial charge in [-0.3, -0.25) is 0 Å². The summed E-state index contributed by atoms with van der Waals surface area (Å²) in [6.45, 7) is 3.59. The minimum absolute atomic E-state index is 0.381. The second-order valence-electron chi connectivity index (χ2n) is 5.11. The fraction of sp³-hybridized carbons (Fsp3) is 0.263. The summed E-state index contributed by atoms with van der Waals surface area (Å²) in [6.07, 6.45) is 1.12. The van der Waals surface area contributed by atoms with Crippen LogP contribution in [0, 0.1) is 18.8 Å². The van der Waals surface area contributed by atoms with Gasteiger partial charge in [-0.1, -0.05) is 18.9 Å². The van der Waals surface area contributed by atoms with Crippen LogP contribution in [0.5, 0.6) is 5.75 Å². The summed E-state index contributed by atoms with van der Waals surface area (Å²) in [5, 5.41) is 8.75. The Labute approximate surface area is 146 Å². The van der Waals surface area contributed by atoms with Crippen molar-refractivity contribution < 1.29 is 14.6 Å². The van der Waals surface area contributed by atoms with Crippen molar-refractivity contribution in [1.29, 1.82) is 0 Å². The van der Waals surface area contributed by atoms with E-state index in [0.29, 0.717) is 11.4 Å². The molecule has 0 bridgehead atoms. The van der Waals surface area contributed by atoms with Crippen molar-refractivity contribution in [3.63, 3.8) is 0 Å². The molecule has 4 nitrogen and oxygen atoms in total. The number of aryl methyl sites for hydroxylation is 1. The predicted molar refractivity (Wildman–Crippen MR) is 95.5 cm³/mol. The van der Waals surface area contributed by atoms with E-state index in [2.05, 4.69) is 29.8 Å². The van der Waals surface area contributed by atoms with Crippen molar-refractivity contribution in [1.82, 2.24) is 4.98 Å². The lowest BCUT2D eigenvalue weighted by Gasteiger charge is -2.05. The smallest absolute Gasteiger partial charge is 0.341 e. The van der Waals surface area contributed by atoms with Crippen molar-refractivity contribution in [2.24, 2.45) is 0 Å². The van der Waals surface area contributed by atoms with Gasteiger partial charge in [0.15, 0.2) is 18.1 Å². The lowest BCUT2D eigenvalue weighted by molar-refractivity contribution is -0.139. The van der Waals surface area contributed by atoms with Crippen LogP contribution < -0.4 is 4.74 Å². The third kappa shape index (κ3) is 5.64. The van der Waals surface area contributed by atoms with E-state index in [1.807, 2.05) is 25.1 Å². The van der Waals surface area contributed by atoms with Gasteiger partial charge < -0.3 is 9.84 Å². The number of nitrogens with zero attached hydrogens (tertiary/aromatic N) is 1. The zero-order valence-corrected chi connectivity index (χ0v) is 14.5. The Balaban J connectivity index is 2.23. The molecule has 0 fully saturated rings. The molecule has 1 aromatic heterocycles. The first-order valence-corrected chi connectivity index (χ1v) is 8.64. The third-order valence-electron chi connectivity index (χ3n) is 2.98. The lowest BCUT2D eigenvalue weighted by Crippen LogP contribution is -2.10. The molecule has 5 heteroatoms. The summed E-state index contributed by atoms with van der Waals surface area (Å²) in [7, 11) is 0. The Morgan fingerprint density at radius 1 is 1.29 bits per heavy atom. The first kappa shape index (κ1) is 17.9. The molecular formula is C19H19NO3S. The molecule has 0 radical (unpaired) electrons. The Morgan fingerprint density at radius 2 is 2.12 bits per heavy atom. The van der Waals surface area contributed by atoms with Crippen LogP contribution >= 0.6 is 11.8 Å². The van der Waals surface area contributed by atoms with E-state index in [4.69, 9.17) is 9.84 Å². The maximum atomic E-state index is 10.7. The van der Waals surface area contributed by atoms with E-state index >= 15 is 0 Å². The highest BCUT2D eigenvalue weighted by Gasteiger charge is 2.06. The van der Waals surface area contributed by atoms with Crippen LogP contribution in [0.1, 0.15) is 30.3 Å². The van der Waals surface area contributed by atoms with Crippen molar-refractivity contribution in [3.8, 4) is 17.6 Å². The molecule has 0 unspecified atom stereocenters. The zero-order valence-electron chi connectivity index (χ0n) is 13.7. The number of hydrogen-bond donors (Lipinski definition) is 1. The monoisotopic (exact) mass is 341 g/mol. The van der Waals surface area contributed by atoms with E-state index in [9.17, 15) is 4.79 Å². The zero-order chi connectivity index (χ0) is 17.4. The molecule has 0 aliphatic heterocycles. The van der Waals surface area contributed by atoms with Crippen LogP contribution in [-0.4, -0.2) is 28.4 Å². The van der Waals surface area contributed by atoms with Gasteiger partial charge in [-0.05, 0) is 55.3 Å². The van der Waals surface area contributed by atoms with Gasteiger partial charge in [-0.25, -0.2) is 9.78 Å². The molecule has 0 aliphatic carbocycles. The molecule has 0 saturated heterocycles. The van der Waals surface area contributed by atoms with E-state index < -0.39 is 12.6 Å². The molecule has 124 valence electrons. The minimum Gasteiger partial charge on any atom is -0.479 e. The van der Waals surface area contributed by atoms with Crippen LogP contribution in [0.3, 0.4) is 0 Å². The number of rotatable bonds is 6. The van der Waals surface area contributed by atoms with Crippen molar-refractivity contribution in [2.75, 3.05) is 12.4 Å². The van der Waals surface area contributed by atoms with Gasteiger partial charge in [0.2, 0.25) is 0 Å². The Kier molecular flexibility index (Phi) is 6.71. The first-order chi connectivity index (χ1) is 11.6. The maximum absolute atomic E-state index is 10.7. The van der Waals surface area contributed by atoms with Gasteiger partial charge in [0.25, 0.3) is 0 Å². The summed E-state index contributed by atoms with van der Waals surface area (Å²) in [5.41, 5.74) is 2.14. The number of ether oxygens (including phenoxy) is 1. The van der Waals surface area contributed by atoms with Crippen LogP contribution in [-0.2, 0) is 4.79 Å². The SMILES string of the molecule is CCCSc1cccc(C#Cc2nc(C)ccc2OCC(=O)O)c1. The number of hydrogen-bond acceptors (Lipinski definition) is 4. The third-order valence-corrected chi connectivity index (χ3v) is 4.18. The van der Waals surface area contributed by atoms with E-state index in [0.717, 1.165) is 23.4 Å². The first-order valence-electron chi connectivity index (χ1n) is 7.65. The quantitative estimate of drug-likeness (QED) is 0.640. The normalized spacial score (nSPS) is 9.92. The minimum atomic E-state index is -1.03. The highest BCUT2D eigenvalue weighted by atomic mass is 32.2. The largest absolute Gasteiger partial charge is 0.479 e. The fourth-order valence-corrected chi connectivity index (χ4v) is 2.73. The Bertz CT molecular complexity index is 778. The topological polar surface area (TPSA) is 59.4 Å². The summed E-state index contributed by atoms with van der Waals surface area (Å²) < 4.78 is 5.25. The summed E-state index contributed by atoms with van der Waals surface area (Å²) in [6, 6.07) is 11.5. The van der Waals surface area contributed by atoms with E-state index in [1.165, 1.54) is 4.90 Å². The average Bonchev–Trinajstić information content (AvgIpc) is 2.57. The standard InChI is InChI=1S/C19H19NO3S/c1-3-11-24-16-6-4-5-15(12-16)8-9-17-18(23-13-19(21)22)10-7-14(2)20-17/h4-7,10,12H,3,11,13H2,1-2H3,(H,21,22). The van der Waals surface area contributed by atoms with Crippen LogP contribution in [0.15, 0.2) is 41.3 Å². The highest BCUT2D eigenvalue weighted by molar-refractivity contribution is 7.99. The maximum Gasteiger partial charge on any atom is 0.341 e. The fourth-order valence-electron chi connectivity index (χ4n) is 1.90. The molecule has 0 saturated carbocycles. The molecule has 1 N–H and O–H groups in total. The molecule has 0 atom stereocenters. The molecule has 1 aromatic carbocycles. The lowest BCUT2D eigenvalue weighted by atomic mass is 10.2. The Morgan fingerprint density at radius 3 is 2.88 bits per heavy atom. The van der Waals surface area contributed by atoms with Gasteiger partial charge in [-0.2, -0.15) is 0 Å². The predicted octanol–water partition coefficient (Wildman–Crippen LogP) is 3.76. The molecule has 0 aliphatic rings. The van der Waals surface area contributed by atoms with Crippen molar-refractivity contribution in [2.45, 2.75) is 25.2 Å². The van der Waals surface area contributed by atoms with Crippen LogP contribution in [0.25, 0.3) is 0 Å². The van der Waals surface area contributed by atoms with Crippen molar-refractivity contribution in [3.05, 3.63) is 53.3 Å². The Hall–Kier alpha value is -2.45. The molecule has 2 aromatic rings. The second-order valence-corrected chi connectivity index (χ2v) is 6.28. The number of pyridine rings is 1. The number of carboxylic acid groups (broad SMARTS) is 1. The average molecular weight is 341 g/mol. The molecule has 0 amide bonds. The summed E-state index contributed by atoms with van der Waals surface area (Å²) in [5.74, 6) is 6.49. The van der Waals surface area contributed by atoms with Gasteiger partial charge >= 0.3 is 5.97 Å². The van der Waals surface area contributed by atoms with Gasteiger partial charge in [0.05, 0.1) is 0 Å². The van der Waals surface area contributed by atoms with E-state index in [-0.39, 0.29) is 0 Å². The number of aliphatic carboxylic acids is 1. The van der Waals surface area contributed by atoms with Crippen molar-refractivity contribution >= 4 is 17.7 Å². The van der Waals surface area contributed by atoms with Gasteiger partial charge in [-0.15, -0.1) is 11.8 Å². The molecule has 0 spiro atoms. The van der Waals surface area contributed by atoms with Crippen LogP contribution in [0.2, 0.25) is 0 Å². The highest BCUT2D eigenvalue weighted by Crippen LogP contribution is 2.20. The molecule has 2 rings (SSSR count). The van der Waals surface area contributed by atoms with Gasteiger partial charge in [0.1, 0.15) is 0 Å². The van der Waals surface area contributed by atoms with Crippen LogP contribution in [0.4, 0.5) is 0 Å². The number of benzene rings is 1. The van der Waals surface area contributed by atoms with Gasteiger partial charge in [0, 0.05) is 16.2 Å². The molecule has 24 heavy (non-hydrogen) atoms. The number of thioether (sulfide) groups is 1. The molecular weight excluding hydrogens is 322 g/mol. The molecule has 1 heterocycles. The number of carbonyl (C=O) groups is 1. The summed E-state index contributed by atoms with van der Waals surface area (Å²) in [4.78, 5) is 16.2. The van der Waals surface area contributed by atoms with E-state index in [1.54, 1.807) is 23.9 Å².